The van der Waals surface area contributed by atoms with E-state index in [1.807, 2.05) is 6.20 Å². The van der Waals surface area contributed by atoms with E-state index in [1.54, 1.807) is 30.5 Å². The van der Waals surface area contributed by atoms with Gasteiger partial charge in [0.25, 0.3) is 0 Å². The molecular weight excluding hydrogens is 388 g/mol. The summed E-state index contributed by atoms with van der Waals surface area (Å²) in [5, 5.41) is 9.00. The Labute approximate surface area is 169 Å². The maximum absolute atomic E-state index is 14.5. The molecular formula is C21H15F2N7. The zero-order chi connectivity index (χ0) is 20.2. The molecule has 0 bridgehead atoms. The van der Waals surface area contributed by atoms with Crippen molar-refractivity contribution in [3.8, 4) is 11.3 Å². The molecule has 0 aliphatic carbocycles. The van der Waals surface area contributed by atoms with Crippen molar-refractivity contribution < 1.29 is 8.78 Å². The third-order valence-corrected chi connectivity index (χ3v) is 5.46. The minimum Gasteiger partial charge on any atom is -0.347 e. The van der Waals surface area contributed by atoms with Crippen molar-refractivity contribution in [2.45, 2.75) is 13.1 Å². The molecule has 0 saturated carbocycles. The molecule has 1 aliphatic rings. The van der Waals surface area contributed by atoms with Gasteiger partial charge in [-0.15, -0.1) is 5.10 Å². The molecule has 0 radical (unpaired) electrons. The van der Waals surface area contributed by atoms with Crippen molar-refractivity contribution >= 4 is 22.4 Å². The van der Waals surface area contributed by atoms with Gasteiger partial charge < -0.3 is 9.47 Å². The van der Waals surface area contributed by atoms with Gasteiger partial charge in [0.1, 0.15) is 29.0 Å². The summed E-state index contributed by atoms with van der Waals surface area (Å²) in [5.41, 5.74) is 1.74. The van der Waals surface area contributed by atoms with E-state index in [0.717, 1.165) is 12.4 Å². The lowest BCUT2D eigenvalue weighted by molar-refractivity contribution is 0.557. The van der Waals surface area contributed by atoms with Gasteiger partial charge in [-0.1, -0.05) is 17.3 Å². The predicted octanol–water partition coefficient (Wildman–Crippen LogP) is 3.44. The second-order valence-electron chi connectivity index (χ2n) is 7.21. The molecule has 0 fully saturated rings. The zero-order valence-electron chi connectivity index (χ0n) is 15.7. The summed E-state index contributed by atoms with van der Waals surface area (Å²) in [6.45, 7) is 1.98. The molecule has 4 heterocycles. The van der Waals surface area contributed by atoms with E-state index < -0.39 is 5.82 Å². The van der Waals surface area contributed by atoms with Crippen LogP contribution in [0.4, 0.5) is 14.6 Å². The third-order valence-electron chi connectivity index (χ3n) is 5.46. The molecule has 9 heteroatoms. The van der Waals surface area contributed by atoms with E-state index in [2.05, 4.69) is 24.8 Å². The van der Waals surface area contributed by atoms with Gasteiger partial charge in [-0.2, -0.15) is 4.52 Å². The SMILES string of the molecule is Fc1ccc2c(c1)c(N1CCn3ccnc3C1)nc1c(-c3ccccc3F)nnn12. The quantitative estimate of drug-likeness (QED) is 0.452. The van der Waals surface area contributed by atoms with Crippen LogP contribution < -0.4 is 4.90 Å². The average molecular weight is 403 g/mol. The van der Waals surface area contributed by atoms with Crippen molar-refractivity contribution in [2.24, 2.45) is 0 Å². The van der Waals surface area contributed by atoms with Crippen LogP contribution in [0.3, 0.4) is 0 Å². The van der Waals surface area contributed by atoms with E-state index in [0.29, 0.717) is 46.7 Å². The Morgan fingerprint density at radius 1 is 1.00 bits per heavy atom. The molecule has 6 rings (SSSR count). The van der Waals surface area contributed by atoms with Crippen molar-refractivity contribution in [3.63, 3.8) is 0 Å². The highest BCUT2D eigenvalue weighted by atomic mass is 19.1. The Morgan fingerprint density at radius 3 is 2.80 bits per heavy atom. The van der Waals surface area contributed by atoms with Gasteiger partial charge in [-0.05, 0) is 30.3 Å². The molecule has 0 N–H and O–H groups in total. The lowest BCUT2D eigenvalue weighted by Crippen LogP contribution is -2.34. The van der Waals surface area contributed by atoms with Crippen LogP contribution in [-0.4, -0.2) is 35.9 Å². The summed E-state index contributed by atoms with van der Waals surface area (Å²) in [5.74, 6) is 0.750. The summed E-state index contributed by atoms with van der Waals surface area (Å²) in [7, 11) is 0. The van der Waals surface area contributed by atoms with Crippen LogP contribution in [0.2, 0.25) is 0 Å². The fourth-order valence-corrected chi connectivity index (χ4v) is 3.99. The van der Waals surface area contributed by atoms with E-state index in [9.17, 15) is 8.78 Å². The molecule has 5 aromatic rings. The molecule has 2 aromatic carbocycles. The van der Waals surface area contributed by atoms with Crippen LogP contribution in [0.5, 0.6) is 0 Å². The first-order chi connectivity index (χ1) is 14.7. The third kappa shape index (κ3) is 2.48. The van der Waals surface area contributed by atoms with Gasteiger partial charge in [0, 0.05) is 36.4 Å². The van der Waals surface area contributed by atoms with Gasteiger partial charge in [0.2, 0.25) is 0 Å². The van der Waals surface area contributed by atoms with Crippen LogP contribution >= 0.6 is 0 Å². The highest BCUT2D eigenvalue weighted by Crippen LogP contribution is 2.32. The number of halogens is 2. The first-order valence-electron chi connectivity index (χ1n) is 9.53. The van der Waals surface area contributed by atoms with Crippen LogP contribution in [-0.2, 0) is 13.1 Å². The lowest BCUT2D eigenvalue weighted by Gasteiger charge is -2.29. The van der Waals surface area contributed by atoms with Crippen molar-refractivity contribution in [2.75, 3.05) is 11.4 Å². The molecule has 0 saturated heterocycles. The molecule has 0 unspecified atom stereocenters. The number of rotatable bonds is 2. The number of fused-ring (bicyclic) bond motifs is 4. The molecule has 148 valence electrons. The fourth-order valence-electron chi connectivity index (χ4n) is 3.99. The van der Waals surface area contributed by atoms with Crippen LogP contribution in [0.15, 0.2) is 54.9 Å². The molecule has 0 atom stereocenters. The zero-order valence-corrected chi connectivity index (χ0v) is 15.7. The normalized spacial score (nSPS) is 13.9. The summed E-state index contributed by atoms with van der Waals surface area (Å²) in [6.07, 6.45) is 3.71. The Bertz CT molecular complexity index is 1420. The highest BCUT2D eigenvalue weighted by Gasteiger charge is 2.24. The van der Waals surface area contributed by atoms with Crippen molar-refractivity contribution in [1.82, 2.24) is 29.4 Å². The number of nitrogens with zero attached hydrogens (tertiary/aromatic N) is 7. The smallest absolute Gasteiger partial charge is 0.186 e. The first kappa shape index (κ1) is 17.0. The van der Waals surface area contributed by atoms with Gasteiger partial charge in [-0.25, -0.2) is 18.7 Å². The predicted molar refractivity (Wildman–Crippen MR) is 107 cm³/mol. The maximum Gasteiger partial charge on any atom is 0.186 e. The van der Waals surface area contributed by atoms with Gasteiger partial charge >= 0.3 is 0 Å². The van der Waals surface area contributed by atoms with E-state index >= 15 is 0 Å². The van der Waals surface area contributed by atoms with Crippen LogP contribution in [0, 0.1) is 11.6 Å². The number of imidazole rings is 1. The molecule has 7 nitrogen and oxygen atoms in total. The number of anilines is 1. The fraction of sp³-hybridized carbons (Fsp3) is 0.143. The monoisotopic (exact) mass is 403 g/mol. The number of hydrogen-bond donors (Lipinski definition) is 0. The van der Waals surface area contributed by atoms with Gasteiger partial charge in [0.05, 0.1) is 12.1 Å². The largest absolute Gasteiger partial charge is 0.347 e. The lowest BCUT2D eigenvalue weighted by atomic mass is 10.1. The van der Waals surface area contributed by atoms with E-state index in [-0.39, 0.29) is 5.82 Å². The summed E-state index contributed by atoms with van der Waals surface area (Å²) in [4.78, 5) is 11.3. The average Bonchev–Trinajstić information content (AvgIpc) is 3.39. The summed E-state index contributed by atoms with van der Waals surface area (Å²) >= 11 is 0. The first-order valence-corrected chi connectivity index (χ1v) is 9.53. The minimum atomic E-state index is -0.401. The van der Waals surface area contributed by atoms with Crippen molar-refractivity contribution in [3.05, 3.63) is 72.3 Å². The summed E-state index contributed by atoms with van der Waals surface area (Å²) in [6, 6.07) is 10.9. The Balaban J connectivity index is 1.62. The second kappa shape index (κ2) is 6.31. The van der Waals surface area contributed by atoms with Crippen LogP contribution in [0.1, 0.15) is 5.82 Å². The number of benzene rings is 2. The molecule has 0 amide bonds. The van der Waals surface area contributed by atoms with Gasteiger partial charge in [0.15, 0.2) is 5.65 Å². The molecule has 1 aliphatic heterocycles. The number of aromatic nitrogens is 6. The number of hydrogen-bond acceptors (Lipinski definition) is 5. The van der Waals surface area contributed by atoms with Gasteiger partial charge in [-0.3, -0.25) is 0 Å². The minimum absolute atomic E-state index is 0.321. The van der Waals surface area contributed by atoms with Crippen molar-refractivity contribution in [1.29, 1.82) is 0 Å². The Hall–Kier alpha value is -3.88. The Kier molecular flexibility index (Phi) is 3.58. The highest BCUT2D eigenvalue weighted by molar-refractivity contribution is 5.93. The van der Waals surface area contributed by atoms with E-state index in [1.165, 1.54) is 22.7 Å². The Morgan fingerprint density at radius 2 is 1.90 bits per heavy atom. The summed E-state index contributed by atoms with van der Waals surface area (Å²) < 4.78 is 32.2. The molecule has 0 spiro atoms. The molecule has 3 aromatic heterocycles. The second-order valence-corrected chi connectivity index (χ2v) is 7.21. The van der Waals surface area contributed by atoms with E-state index in [4.69, 9.17) is 4.98 Å². The van der Waals surface area contributed by atoms with Crippen LogP contribution in [0.25, 0.3) is 27.8 Å². The maximum atomic E-state index is 14.5. The standard InChI is InChI=1S/C21H15F2N7/c22-13-5-6-17-15(11-13)20(29-10-9-28-8-7-24-18(28)12-29)25-21-19(26-27-30(17)21)14-3-1-2-4-16(14)23/h1-8,11H,9-10,12H2. The molecule has 30 heavy (non-hydrogen) atoms. The topological polar surface area (TPSA) is 64.1 Å².